The van der Waals surface area contributed by atoms with Crippen LogP contribution in [0.15, 0.2) is 68.9 Å². The second-order valence-electron chi connectivity index (χ2n) is 21.7. The van der Waals surface area contributed by atoms with Crippen LogP contribution < -0.4 is 96.3 Å². The Balaban J connectivity index is 0.000000240. The first-order valence-electron chi connectivity index (χ1n) is 29.6. The quantitative estimate of drug-likeness (QED) is 0.0377. The van der Waals surface area contributed by atoms with Crippen LogP contribution in [0.1, 0.15) is 148 Å². The maximum Gasteiger partial charge on any atom is 0.349 e. The van der Waals surface area contributed by atoms with Gasteiger partial charge in [-0.1, -0.05) is 24.0 Å². The summed E-state index contributed by atoms with van der Waals surface area (Å²) >= 11 is 0. The van der Waals surface area contributed by atoms with Gasteiger partial charge in [0.2, 0.25) is 11.9 Å². The first-order chi connectivity index (χ1) is 44.5. The molecule has 25 N–H and O–H groups in total. The smallest absolute Gasteiger partial charge is 0.349 e. The molecule has 0 fully saturated rings. The highest BCUT2D eigenvalue weighted by molar-refractivity contribution is 5.92. The maximum atomic E-state index is 11.6. The van der Waals surface area contributed by atoms with E-state index in [2.05, 4.69) is 110 Å². The molecule has 0 unspecified atom stereocenters. The zero-order chi connectivity index (χ0) is 70.3. The lowest BCUT2D eigenvalue weighted by Gasteiger charge is -2.10. The van der Waals surface area contributed by atoms with E-state index in [0.29, 0.717) is 71.1 Å². The van der Waals surface area contributed by atoms with Gasteiger partial charge in [0.25, 0.3) is 5.56 Å². The molecule has 36 nitrogen and oxygen atoms in total. The number of anilines is 6. The predicted molar refractivity (Wildman–Crippen MR) is 367 cm³/mol. The third kappa shape index (κ3) is 20.1. The molecule has 506 valence electrons. The van der Waals surface area contributed by atoms with E-state index in [0.717, 1.165) is 22.6 Å². The summed E-state index contributed by atoms with van der Waals surface area (Å²) in [5, 5.41) is 5.36. The normalized spacial score (nSPS) is 11.1. The number of nitrogens with zero attached hydrogens (tertiary/aromatic N) is 17. The number of imidazole rings is 3. The highest BCUT2D eigenvalue weighted by Crippen LogP contribution is 2.23. The maximum absolute atomic E-state index is 11.6. The van der Waals surface area contributed by atoms with Crippen LogP contribution in [0, 0.1) is 11.8 Å². The number of nitrogens with one attached hydrogen (secondary N) is 3. The zero-order valence-corrected chi connectivity index (χ0v) is 55.0. The van der Waals surface area contributed by atoms with Gasteiger partial charge in [-0.15, -0.1) is 0 Å². The summed E-state index contributed by atoms with van der Waals surface area (Å²) in [4.78, 5) is 104. The van der Waals surface area contributed by atoms with E-state index >= 15 is 0 Å². The van der Waals surface area contributed by atoms with Gasteiger partial charge in [-0.05, 0) is 89.2 Å². The van der Waals surface area contributed by atoms with Crippen molar-refractivity contribution in [2.45, 2.75) is 132 Å². The number of nitrogens with two attached hydrogens (primary N) is 11. The molecule has 0 saturated carbocycles. The highest BCUT2D eigenvalue weighted by Gasteiger charge is 2.18. The van der Waals surface area contributed by atoms with Crippen LogP contribution in [-0.2, 0) is 17.9 Å². The van der Waals surface area contributed by atoms with Gasteiger partial charge in [-0.3, -0.25) is 28.3 Å². The summed E-state index contributed by atoms with van der Waals surface area (Å²) in [6, 6.07) is 0.769. The molecule has 9 aromatic heterocycles. The molecular weight excluding hydrogens is 1210 g/mol. The first-order valence-corrected chi connectivity index (χ1v) is 29.6. The lowest BCUT2D eigenvalue weighted by atomic mass is 10.2. The minimum atomic E-state index is -0.411. The van der Waals surface area contributed by atoms with Gasteiger partial charge in [-0.25, -0.2) is 49.3 Å². The Labute approximate surface area is 541 Å². The van der Waals surface area contributed by atoms with Gasteiger partial charge in [-0.2, -0.15) is 19.9 Å². The summed E-state index contributed by atoms with van der Waals surface area (Å²) in [5.74, 6) is 8.17. The van der Waals surface area contributed by atoms with Gasteiger partial charge in [0.15, 0.2) is 39.6 Å². The second-order valence-corrected chi connectivity index (χ2v) is 21.7. The summed E-state index contributed by atoms with van der Waals surface area (Å²) in [5.41, 5.74) is 64.5. The van der Waals surface area contributed by atoms with Crippen molar-refractivity contribution in [3.05, 3.63) is 120 Å². The van der Waals surface area contributed by atoms with Crippen molar-refractivity contribution in [3.63, 3.8) is 0 Å². The number of rotatable bonds is 15. The van der Waals surface area contributed by atoms with E-state index in [-0.39, 0.29) is 102 Å². The van der Waals surface area contributed by atoms with Crippen LogP contribution in [0.5, 0.6) is 0 Å². The number of hydrogen-bond donors (Lipinski definition) is 14. The van der Waals surface area contributed by atoms with E-state index in [1.807, 2.05) is 69.1 Å². The Bertz CT molecular complexity index is 4360. The third-order valence-electron chi connectivity index (χ3n) is 12.9. The molecule has 0 bridgehead atoms. The number of carbonyl (C=O) groups excluding carboxylic acids is 1. The Morgan fingerprint density at radius 2 is 1.03 bits per heavy atom. The monoisotopic (exact) mass is 1300 g/mol. The molecule has 0 aliphatic heterocycles. The van der Waals surface area contributed by atoms with Crippen LogP contribution in [0.4, 0.5) is 35.0 Å². The van der Waals surface area contributed by atoms with Gasteiger partial charge in [0.05, 0.1) is 44.9 Å². The van der Waals surface area contributed by atoms with E-state index in [4.69, 9.17) is 63.1 Å². The number of fused-ring (bicyclic) bond motifs is 3. The largest absolute Gasteiger partial charge is 0.383 e. The fourth-order valence-corrected chi connectivity index (χ4v) is 8.45. The van der Waals surface area contributed by atoms with Crippen molar-refractivity contribution in [2.75, 3.05) is 60.4 Å². The number of amides is 1. The Hall–Kier alpha value is -10.8. The van der Waals surface area contributed by atoms with Crippen molar-refractivity contribution in [1.29, 1.82) is 0 Å². The second kappa shape index (κ2) is 35.7. The minimum Gasteiger partial charge on any atom is -0.383 e. The number of aromatic amines is 1. The molecular formula is C58H89N31O5. The zero-order valence-electron chi connectivity index (χ0n) is 55.0. The molecule has 9 aromatic rings. The van der Waals surface area contributed by atoms with Gasteiger partial charge >= 0.3 is 17.1 Å². The summed E-state index contributed by atoms with van der Waals surface area (Å²) < 4.78 is 10.3. The summed E-state index contributed by atoms with van der Waals surface area (Å²) in [7, 11) is 0. The summed E-state index contributed by atoms with van der Waals surface area (Å²) in [6.45, 7) is 25.2. The molecule has 0 saturated heterocycles. The molecule has 94 heavy (non-hydrogen) atoms. The summed E-state index contributed by atoms with van der Waals surface area (Å²) in [6.07, 6.45) is 15.9. The van der Waals surface area contributed by atoms with Gasteiger partial charge in [0.1, 0.15) is 47.3 Å². The molecule has 1 amide bonds. The SMILES string of the molecule is CC(C)n1c(CN)nc2c(=O)[nH]c(N)nc21.CC(C)n1c(CN)nc2c(N)ncnc21.CC(C)n1cc(/C=C/C(=O)NCN)c(N)nc1=O.CC(C)n1cc(/C=C/CN)c(N)nc1=O.CC(C)n1cc(C#CCN)c(N)nc1=O.CC(C)n1cnc2c(NCN)ncnc21. The lowest BCUT2D eigenvalue weighted by Crippen LogP contribution is -2.27. The van der Waals surface area contributed by atoms with Crippen LogP contribution in [0.3, 0.4) is 0 Å². The standard InChI is InChI=1S/C11H17N5O2.C10H16N4O.C10H14N4O.C9H14N6O.2C9H14N6/c1-7(2)16-5-8(10(13)15-11(16)18)3-4-9(17)14-6-12;2*1-7(2)14-6-8(4-3-5-11)9(12)13-10(14)15;1-4(2)15-5(3-10)12-6-7(15)13-9(11)14-8(6)16;1-6(2)15-5-14-7-8(11-3-10)12-4-13-9(7)15;1-5(2)15-6(3-10)14-7-8(11)12-4-13-9(7)15/h3-5,7H,6,12H2,1-2H3,(H,14,17)(H2,13,15,18);3-4,6-7H,5,11H2,1-2H3,(H2,12,13,15);6-7H,5,11H2,1-2H3,(H2,12,13,15);4H,3,10H2,1-2H3,(H3,11,13,14,16);4-6H,3,10H2,1-2H3,(H,11,12,13);4-5H,3,10H2,1-2H3,(H2,11,12,13)/b2*4-3+;;;;. The van der Waals surface area contributed by atoms with Crippen molar-refractivity contribution >= 4 is 86.6 Å². The van der Waals surface area contributed by atoms with Gasteiger partial charge in [0, 0.05) is 78.6 Å². The Kier molecular flexibility index (Phi) is 28.7. The molecule has 36 heteroatoms. The van der Waals surface area contributed by atoms with Crippen LogP contribution in [0.2, 0.25) is 0 Å². The third-order valence-corrected chi connectivity index (χ3v) is 12.9. The van der Waals surface area contributed by atoms with E-state index in [1.165, 1.54) is 38.5 Å². The van der Waals surface area contributed by atoms with Crippen molar-refractivity contribution in [1.82, 2.24) is 92.5 Å². The van der Waals surface area contributed by atoms with Crippen molar-refractivity contribution < 1.29 is 4.79 Å². The van der Waals surface area contributed by atoms with Crippen molar-refractivity contribution in [3.8, 4) is 11.8 Å². The fourth-order valence-electron chi connectivity index (χ4n) is 8.45. The molecule has 0 radical (unpaired) electrons. The van der Waals surface area contributed by atoms with Crippen LogP contribution in [0.25, 0.3) is 45.6 Å². The fraction of sp³-hybridized carbons (Fsp3) is 0.414. The van der Waals surface area contributed by atoms with E-state index in [9.17, 15) is 24.0 Å². The molecule has 0 aromatic carbocycles. The van der Waals surface area contributed by atoms with Crippen LogP contribution >= 0.6 is 0 Å². The molecule has 9 rings (SSSR count). The molecule has 0 aliphatic carbocycles. The average molecular weight is 1300 g/mol. The number of hydrogen-bond acceptors (Lipinski definition) is 28. The lowest BCUT2D eigenvalue weighted by molar-refractivity contribution is -0.116. The highest BCUT2D eigenvalue weighted by atomic mass is 16.2. The molecule has 0 spiro atoms. The first kappa shape index (κ1) is 75.6. The van der Waals surface area contributed by atoms with Crippen LogP contribution in [-0.4, -0.2) is 120 Å². The van der Waals surface area contributed by atoms with Crippen molar-refractivity contribution in [2.24, 2.45) is 34.4 Å². The molecule has 0 atom stereocenters. The number of H-pyrrole nitrogens is 1. The van der Waals surface area contributed by atoms with E-state index < -0.39 is 5.69 Å². The Morgan fingerprint density at radius 3 is 1.53 bits per heavy atom. The Morgan fingerprint density at radius 1 is 0.532 bits per heavy atom. The predicted octanol–water partition coefficient (Wildman–Crippen LogP) is 0.472. The van der Waals surface area contributed by atoms with E-state index in [1.54, 1.807) is 37.1 Å². The number of nitrogen functional groups attached to an aromatic ring is 5. The molecule has 0 aliphatic rings. The number of aromatic nitrogens is 18. The minimum absolute atomic E-state index is 0.0315. The molecule has 9 heterocycles. The van der Waals surface area contributed by atoms with Gasteiger partial charge < -0.3 is 87.4 Å². The number of carbonyl (C=O) groups is 1. The topological polar surface area (TPSA) is 583 Å². The average Bonchev–Trinajstić information content (AvgIpc) is 1.64.